The minimum atomic E-state index is -0.505. The van der Waals surface area contributed by atoms with Gasteiger partial charge in [-0.3, -0.25) is 9.72 Å². The maximum absolute atomic E-state index is 14.3. The molecule has 0 aliphatic rings. The molecule has 0 spiro atoms. The smallest absolute Gasteiger partial charge is 0.307 e. The number of hydrogen-bond acceptors (Lipinski definition) is 11. The molecule has 5 heterocycles. The van der Waals surface area contributed by atoms with E-state index in [9.17, 15) is 14.4 Å². The Morgan fingerprint density at radius 2 is 0.871 bits per heavy atom. The van der Waals surface area contributed by atoms with Crippen LogP contribution in [-0.4, -0.2) is 57.4 Å². The lowest BCUT2D eigenvalue weighted by Gasteiger charge is -2.16. The van der Waals surface area contributed by atoms with E-state index in [4.69, 9.17) is 15.0 Å². The van der Waals surface area contributed by atoms with Gasteiger partial charge in [-0.1, -0.05) is 170 Å². The van der Waals surface area contributed by atoms with Crippen LogP contribution >= 0.6 is 11.3 Å². The number of aryl methyl sites for hydroxylation is 2. The van der Waals surface area contributed by atoms with Crippen LogP contribution in [0, 0.1) is 13.8 Å². The normalized spacial score (nSPS) is 11.1. The number of anilines is 6. The van der Waals surface area contributed by atoms with Gasteiger partial charge in [0.2, 0.25) is 0 Å². The summed E-state index contributed by atoms with van der Waals surface area (Å²) in [5.74, 6) is 2.20. The fraction of sp³-hybridized carbons (Fsp3) is 0.0448. The minimum absolute atomic E-state index is 0.351. The molecule has 13 aromatic rings. The topological polar surface area (TPSA) is 218 Å². The highest BCUT2D eigenvalue weighted by Gasteiger charge is 2.22. The van der Waals surface area contributed by atoms with Crippen molar-refractivity contribution in [3.05, 3.63) is 241 Å². The van der Waals surface area contributed by atoms with E-state index in [1.807, 2.05) is 205 Å². The van der Waals surface area contributed by atoms with Gasteiger partial charge in [0, 0.05) is 51.0 Å². The summed E-state index contributed by atoms with van der Waals surface area (Å²) in [4.78, 5) is 75.1. The monoisotopic (exact) mass is 1130 g/mol. The van der Waals surface area contributed by atoms with Crippen molar-refractivity contribution in [2.75, 3.05) is 31.9 Å². The van der Waals surface area contributed by atoms with Crippen LogP contribution in [0.3, 0.4) is 0 Å². The molecule has 412 valence electrons. The third-order valence-electron chi connectivity index (χ3n) is 14.3. The van der Waals surface area contributed by atoms with Crippen molar-refractivity contribution in [1.82, 2.24) is 39.3 Å². The number of nitrogens with one attached hydrogen (secondary N) is 6. The number of imidazole rings is 1. The minimum Gasteiger partial charge on any atom is -0.307 e. The summed E-state index contributed by atoms with van der Waals surface area (Å²) in [5, 5.41) is 23.6. The molecular formula is C67H50N14O3S. The van der Waals surface area contributed by atoms with Gasteiger partial charge in [-0.25, -0.2) is 49.3 Å². The van der Waals surface area contributed by atoms with Crippen molar-refractivity contribution in [3.63, 3.8) is 0 Å². The first-order valence-electron chi connectivity index (χ1n) is 27.2. The molecule has 5 aromatic heterocycles. The highest BCUT2D eigenvalue weighted by Crippen LogP contribution is 2.39. The molecule has 8 aromatic carbocycles. The summed E-state index contributed by atoms with van der Waals surface area (Å²) in [6, 6.07) is 59.1. The number of carbonyl (C=O) groups is 3. The number of urea groups is 3. The summed E-state index contributed by atoms with van der Waals surface area (Å²) in [7, 11) is 0. The number of carbonyl (C=O) groups excluding carboxylic acids is 3. The maximum Gasteiger partial charge on any atom is 0.324 e. The van der Waals surface area contributed by atoms with E-state index in [-0.39, 0.29) is 0 Å². The van der Waals surface area contributed by atoms with Crippen molar-refractivity contribution < 1.29 is 14.4 Å². The molecule has 18 heteroatoms. The average Bonchev–Trinajstić information content (AvgIpc) is 3.04. The third kappa shape index (κ3) is 11.2. The van der Waals surface area contributed by atoms with Crippen LogP contribution < -0.4 is 31.9 Å². The lowest BCUT2D eigenvalue weighted by molar-refractivity contribution is 0.261. The highest BCUT2D eigenvalue weighted by molar-refractivity contribution is 7.15. The fourth-order valence-electron chi connectivity index (χ4n) is 10.4. The van der Waals surface area contributed by atoms with E-state index in [1.54, 1.807) is 25.5 Å². The van der Waals surface area contributed by atoms with Gasteiger partial charge >= 0.3 is 18.1 Å². The summed E-state index contributed by atoms with van der Waals surface area (Å²) >= 11 is 1.46. The summed E-state index contributed by atoms with van der Waals surface area (Å²) in [6.07, 6.45) is 7.07. The zero-order chi connectivity index (χ0) is 57.8. The van der Waals surface area contributed by atoms with E-state index >= 15 is 0 Å². The van der Waals surface area contributed by atoms with Crippen LogP contribution in [0.1, 0.15) is 23.0 Å². The molecule has 0 aliphatic carbocycles. The molecule has 0 aliphatic heterocycles. The summed E-state index contributed by atoms with van der Waals surface area (Å²) in [5.41, 5.74) is 11.0. The van der Waals surface area contributed by atoms with Crippen LogP contribution in [0.25, 0.3) is 82.7 Å². The standard InChI is InChI=1S/C67H50N14O3S/c1-40-68-37-55(59(71-40)42-17-6-3-7-18-42)75-64(82)73-54-32-30-49(50-26-13-15-28-52(50)54)45-23-16-24-47(35-45)62-63(81-33-34-85-67(81)79-62)80-66(84)74-53-31-29-46(48-25-12-14-27-51(48)53)36-58-70-39-57(61(78-58)44-21-10-5-11-22-44)77-65(83)76-56-38-69-41(2)72-60(56)43-19-8-4-9-20-43/h3-35,37-39H,36H2,1-2H3,(H2,73,75,82)(H2,74,80,84)(H2,76,77,83). The number of benzene rings is 8. The molecule has 0 radical (unpaired) electrons. The lowest BCUT2D eigenvalue weighted by atomic mass is 9.95. The third-order valence-corrected chi connectivity index (χ3v) is 15.0. The summed E-state index contributed by atoms with van der Waals surface area (Å²) < 4.78 is 1.87. The first-order chi connectivity index (χ1) is 41.6. The molecule has 6 N–H and O–H groups in total. The predicted molar refractivity (Wildman–Crippen MR) is 338 cm³/mol. The van der Waals surface area contributed by atoms with Gasteiger partial charge in [0.05, 0.1) is 64.1 Å². The molecule has 17 nitrogen and oxygen atoms in total. The van der Waals surface area contributed by atoms with Gasteiger partial charge in [0.1, 0.15) is 29.0 Å². The zero-order valence-electron chi connectivity index (χ0n) is 45.7. The van der Waals surface area contributed by atoms with Crippen molar-refractivity contribution in [2.45, 2.75) is 20.3 Å². The number of fused-ring (bicyclic) bond motifs is 3. The Hall–Kier alpha value is -11.5. The molecule has 0 fully saturated rings. The zero-order valence-corrected chi connectivity index (χ0v) is 46.5. The van der Waals surface area contributed by atoms with Crippen molar-refractivity contribution in [3.8, 4) is 56.2 Å². The lowest BCUT2D eigenvalue weighted by Crippen LogP contribution is -2.21. The molecule has 85 heavy (non-hydrogen) atoms. The van der Waals surface area contributed by atoms with Crippen LogP contribution in [0.5, 0.6) is 0 Å². The molecular weight excluding hydrogens is 1080 g/mol. The van der Waals surface area contributed by atoms with Gasteiger partial charge in [-0.05, 0) is 59.5 Å². The van der Waals surface area contributed by atoms with E-state index in [0.717, 1.165) is 60.5 Å². The van der Waals surface area contributed by atoms with Gasteiger partial charge in [-0.15, -0.1) is 11.3 Å². The SMILES string of the molecule is Cc1ncc(NC(=O)Nc2cnc(Cc3ccc(NC(=O)Nc4c(-c5cccc(-c6ccc(NC(=O)Nc7cnc(C)nc7-c7ccccc7)c7ccccc67)c5)nc5sccn45)c4ccccc34)nc2-c2ccccc2)c(-c2ccccc2)n1. The van der Waals surface area contributed by atoms with Gasteiger partial charge in [0.25, 0.3) is 0 Å². The highest BCUT2D eigenvalue weighted by atomic mass is 32.1. The van der Waals surface area contributed by atoms with Crippen LogP contribution in [0.15, 0.2) is 218 Å². The predicted octanol–water partition coefficient (Wildman–Crippen LogP) is 15.5. The number of aromatic nitrogens is 8. The number of rotatable bonds is 13. The molecule has 0 saturated heterocycles. The van der Waals surface area contributed by atoms with Gasteiger partial charge < -0.3 is 26.6 Å². The molecule has 13 rings (SSSR count). The Labute approximate surface area is 491 Å². The van der Waals surface area contributed by atoms with Crippen LogP contribution in [-0.2, 0) is 6.42 Å². The fourth-order valence-corrected chi connectivity index (χ4v) is 11.1. The second-order valence-electron chi connectivity index (χ2n) is 19.9. The molecule has 0 bridgehead atoms. The van der Waals surface area contributed by atoms with Crippen LogP contribution in [0.2, 0.25) is 0 Å². The Morgan fingerprint density at radius 3 is 1.46 bits per heavy atom. The molecule has 6 amide bonds. The molecule has 0 saturated carbocycles. The van der Waals surface area contributed by atoms with Gasteiger partial charge in [-0.2, -0.15) is 0 Å². The van der Waals surface area contributed by atoms with Crippen molar-refractivity contribution in [2.24, 2.45) is 0 Å². The van der Waals surface area contributed by atoms with E-state index in [1.165, 1.54) is 11.3 Å². The number of hydrogen-bond donors (Lipinski definition) is 6. The van der Waals surface area contributed by atoms with Crippen molar-refractivity contribution >= 4 is 90.2 Å². The summed E-state index contributed by atoms with van der Waals surface area (Å²) in [6.45, 7) is 3.62. The second-order valence-corrected chi connectivity index (χ2v) is 20.8. The first-order valence-corrected chi connectivity index (χ1v) is 28.1. The quantitative estimate of drug-likeness (QED) is 0.0642. The van der Waals surface area contributed by atoms with E-state index in [2.05, 4.69) is 57.9 Å². The average molecular weight is 1130 g/mol. The first kappa shape index (κ1) is 52.8. The Morgan fingerprint density at radius 1 is 0.412 bits per heavy atom. The van der Waals surface area contributed by atoms with Crippen molar-refractivity contribution in [1.29, 1.82) is 0 Å². The van der Waals surface area contributed by atoms with E-state index in [0.29, 0.717) is 85.9 Å². The molecule has 0 atom stereocenters. The second kappa shape index (κ2) is 23.2. The number of nitrogens with zero attached hydrogens (tertiary/aromatic N) is 8. The largest absolute Gasteiger partial charge is 0.324 e. The molecule has 0 unspecified atom stereocenters. The number of thiazole rings is 1. The Kier molecular flexibility index (Phi) is 14.4. The Bertz CT molecular complexity index is 4690. The van der Waals surface area contributed by atoms with Gasteiger partial charge in [0.15, 0.2) is 4.96 Å². The Balaban J connectivity index is 0.732. The number of amides is 6. The maximum atomic E-state index is 14.3. The van der Waals surface area contributed by atoms with E-state index < -0.39 is 18.1 Å². The van der Waals surface area contributed by atoms with Crippen LogP contribution in [0.4, 0.5) is 48.6 Å².